The maximum absolute atomic E-state index is 12.7. The summed E-state index contributed by atoms with van der Waals surface area (Å²) >= 11 is 5.98. The number of piperidine rings is 1. The molecule has 0 bridgehead atoms. The fourth-order valence-corrected chi connectivity index (χ4v) is 4.37. The van der Waals surface area contributed by atoms with Crippen LogP contribution in [0, 0.1) is 0 Å². The third-order valence-electron chi connectivity index (χ3n) is 6.01. The lowest BCUT2D eigenvalue weighted by Gasteiger charge is -2.36. The van der Waals surface area contributed by atoms with Gasteiger partial charge in [-0.3, -0.25) is 4.79 Å². The molecule has 2 aliphatic rings. The van der Waals surface area contributed by atoms with Crippen molar-refractivity contribution in [3.8, 4) is 0 Å². The number of hydrogen-bond donors (Lipinski definition) is 2. The van der Waals surface area contributed by atoms with Crippen LogP contribution in [0.15, 0.2) is 29.3 Å². The van der Waals surface area contributed by atoms with Gasteiger partial charge in [-0.05, 0) is 57.0 Å². The summed E-state index contributed by atoms with van der Waals surface area (Å²) in [5.41, 5.74) is 1.15. The number of benzene rings is 1. The van der Waals surface area contributed by atoms with E-state index in [4.69, 9.17) is 11.6 Å². The smallest absolute Gasteiger partial charge is 0.244 e. The van der Waals surface area contributed by atoms with E-state index in [-0.39, 0.29) is 36.4 Å². The molecule has 2 fully saturated rings. The van der Waals surface area contributed by atoms with Crippen LogP contribution in [0.1, 0.15) is 33.1 Å². The number of piperazine rings is 1. The van der Waals surface area contributed by atoms with Crippen molar-refractivity contribution >= 4 is 53.1 Å². The molecular weight excluding hydrogens is 539 g/mol. The van der Waals surface area contributed by atoms with Gasteiger partial charge in [-0.25, -0.2) is 4.99 Å². The minimum absolute atomic E-state index is 0. The molecule has 2 N–H and O–H groups in total. The number of rotatable bonds is 7. The summed E-state index contributed by atoms with van der Waals surface area (Å²) in [7, 11) is 0. The molecule has 7 nitrogen and oxygen atoms in total. The first kappa shape index (κ1) is 27.0. The summed E-state index contributed by atoms with van der Waals surface area (Å²) < 4.78 is 0. The number of guanidine groups is 1. The van der Waals surface area contributed by atoms with Crippen LogP contribution in [0.4, 0.5) is 5.69 Å². The molecule has 1 amide bonds. The molecule has 2 heterocycles. The van der Waals surface area contributed by atoms with Gasteiger partial charge in [0.2, 0.25) is 5.91 Å². The standard InChI is InChI=1S/C23H37ClN6O.HI/c1-3-11-28-12-9-20(10-13-28)27-23(25-4-2)26-18-22(31)30-16-14-29(15-17-30)21-7-5-19(24)6-8-21;/h5-8,20H,3-4,9-18H2,1-2H3,(H2,25,26,27);1H. The van der Waals surface area contributed by atoms with Gasteiger partial charge in [0.15, 0.2) is 5.96 Å². The highest BCUT2D eigenvalue weighted by atomic mass is 127. The zero-order valence-corrected chi connectivity index (χ0v) is 22.4. The number of aliphatic imine (C=N–C) groups is 1. The molecule has 0 atom stereocenters. The van der Waals surface area contributed by atoms with E-state index in [0.717, 1.165) is 75.3 Å². The monoisotopic (exact) mass is 576 g/mol. The molecule has 1 aromatic carbocycles. The first-order chi connectivity index (χ1) is 15.1. The Morgan fingerprint density at radius 2 is 1.72 bits per heavy atom. The van der Waals surface area contributed by atoms with Crippen LogP contribution in [-0.4, -0.2) is 86.6 Å². The second-order valence-electron chi connectivity index (χ2n) is 8.30. The largest absolute Gasteiger partial charge is 0.368 e. The number of carbonyl (C=O) groups is 1. The fourth-order valence-electron chi connectivity index (χ4n) is 4.24. The molecule has 180 valence electrons. The van der Waals surface area contributed by atoms with E-state index < -0.39 is 0 Å². The Kier molecular flexibility index (Phi) is 11.9. The van der Waals surface area contributed by atoms with Gasteiger partial charge in [-0.15, -0.1) is 24.0 Å². The summed E-state index contributed by atoms with van der Waals surface area (Å²) in [6.45, 7) is 11.8. The summed E-state index contributed by atoms with van der Waals surface area (Å²) in [6.07, 6.45) is 3.44. The molecule has 1 aromatic rings. The number of hydrogen-bond acceptors (Lipinski definition) is 4. The van der Waals surface area contributed by atoms with Gasteiger partial charge in [-0.2, -0.15) is 0 Å². The minimum Gasteiger partial charge on any atom is -0.368 e. The Hall–Kier alpha value is -1.26. The average Bonchev–Trinajstić information content (AvgIpc) is 2.79. The highest BCUT2D eigenvalue weighted by Gasteiger charge is 2.22. The third-order valence-corrected chi connectivity index (χ3v) is 6.26. The van der Waals surface area contributed by atoms with Crippen molar-refractivity contribution in [2.45, 2.75) is 39.2 Å². The molecule has 9 heteroatoms. The summed E-state index contributed by atoms with van der Waals surface area (Å²) in [5.74, 6) is 0.843. The van der Waals surface area contributed by atoms with Gasteiger partial charge in [0, 0.05) is 62.6 Å². The maximum atomic E-state index is 12.7. The molecule has 0 radical (unpaired) electrons. The zero-order chi connectivity index (χ0) is 22.1. The molecule has 32 heavy (non-hydrogen) atoms. The first-order valence-corrected chi connectivity index (χ1v) is 12.0. The quantitative estimate of drug-likeness (QED) is 0.297. The SMILES string of the molecule is CCCN1CCC(NC(=NCC(=O)N2CCN(c3ccc(Cl)cc3)CC2)NCC)CC1.I. The first-order valence-electron chi connectivity index (χ1n) is 11.6. The van der Waals surface area contributed by atoms with Crippen molar-refractivity contribution < 1.29 is 4.79 Å². The predicted octanol–water partition coefficient (Wildman–Crippen LogP) is 3.04. The van der Waals surface area contributed by atoms with Gasteiger partial charge in [0.1, 0.15) is 6.54 Å². The summed E-state index contributed by atoms with van der Waals surface area (Å²) in [5, 5.41) is 7.57. The number of amides is 1. The Balaban J connectivity index is 0.00000363. The number of halogens is 2. The van der Waals surface area contributed by atoms with Gasteiger partial charge in [0.25, 0.3) is 0 Å². The lowest BCUT2D eigenvalue weighted by Crippen LogP contribution is -2.50. The second-order valence-corrected chi connectivity index (χ2v) is 8.74. The number of anilines is 1. The van der Waals surface area contributed by atoms with Gasteiger partial charge in [0.05, 0.1) is 0 Å². The molecule has 2 saturated heterocycles. The molecule has 0 saturated carbocycles. The second kappa shape index (κ2) is 14.1. The highest BCUT2D eigenvalue weighted by molar-refractivity contribution is 14.0. The van der Waals surface area contributed by atoms with E-state index in [1.165, 1.54) is 13.0 Å². The molecule has 2 aliphatic heterocycles. The number of nitrogens with one attached hydrogen (secondary N) is 2. The predicted molar refractivity (Wildman–Crippen MR) is 145 cm³/mol. The van der Waals surface area contributed by atoms with Crippen molar-refractivity contribution in [1.29, 1.82) is 0 Å². The molecule has 3 rings (SSSR count). The van der Waals surface area contributed by atoms with Gasteiger partial charge < -0.3 is 25.3 Å². The van der Waals surface area contributed by atoms with Crippen LogP contribution in [0.3, 0.4) is 0 Å². The van der Waals surface area contributed by atoms with E-state index in [1.54, 1.807) is 0 Å². The average molecular weight is 577 g/mol. The molecule has 0 aromatic heterocycles. The lowest BCUT2D eigenvalue weighted by molar-refractivity contribution is -0.129. The topological polar surface area (TPSA) is 63.2 Å². The van der Waals surface area contributed by atoms with E-state index in [0.29, 0.717) is 6.04 Å². The lowest BCUT2D eigenvalue weighted by atomic mass is 10.1. The normalized spacial score (nSPS) is 18.3. The highest BCUT2D eigenvalue weighted by Crippen LogP contribution is 2.19. The Morgan fingerprint density at radius 3 is 2.31 bits per heavy atom. The van der Waals surface area contributed by atoms with Gasteiger partial charge >= 0.3 is 0 Å². The Labute approximate surface area is 215 Å². The van der Waals surface area contributed by atoms with Gasteiger partial charge in [-0.1, -0.05) is 18.5 Å². The zero-order valence-electron chi connectivity index (χ0n) is 19.4. The van der Waals surface area contributed by atoms with Crippen LogP contribution < -0.4 is 15.5 Å². The minimum atomic E-state index is 0. The Bertz CT molecular complexity index is 716. The van der Waals surface area contributed by atoms with Crippen molar-refractivity contribution in [1.82, 2.24) is 20.4 Å². The van der Waals surface area contributed by atoms with Crippen molar-refractivity contribution in [2.24, 2.45) is 4.99 Å². The Morgan fingerprint density at radius 1 is 1.06 bits per heavy atom. The number of carbonyl (C=O) groups excluding carboxylic acids is 1. The molecule has 0 spiro atoms. The fraction of sp³-hybridized carbons (Fsp3) is 0.652. The molecule has 0 aliphatic carbocycles. The molecule has 0 unspecified atom stereocenters. The third kappa shape index (κ3) is 8.26. The van der Waals surface area contributed by atoms with E-state index in [9.17, 15) is 4.79 Å². The van der Waals surface area contributed by atoms with Crippen molar-refractivity contribution in [2.75, 3.05) is 63.8 Å². The van der Waals surface area contributed by atoms with Crippen molar-refractivity contribution in [3.05, 3.63) is 29.3 Å². The summed E-state index contributed by atoms with van der Waals surface area (Å²) in [4.78, 5) is 24.0. The van der Waals surface area contributed by atoms with Crippen LogP contribution >= 0.6 is 35.6 Å². The van der Waals surface area contributed by atoms with E-state index >= 15 is 0 Å². The summed E-state index contributed by atoms with van der Waals surface area (Å²) in [6, 6.07) is 8.30. The van der Waals surface area contributed by atoms with Crippen LogP contribution in [0.5, 0.6) is 0 Å². The van der Waals surface area contributed by atoms with Crippen LogP contribution in [0.25, 0.3) is 0 Å². The number of nitrogens with zero attached hydrogens (tertiary/aromatic N) is 4. The number of likely N-dealkylation sites (tertiary alicyclic amines) is 1. The van der Waals surface area contributed by atoms with E-state index in [1.807, 2.05) is 29.2 Å². The van der Waals surface area contributed by atoms with Crippen molar-refractivity contribution in [3.63, 3.8) is 0 Å². The van der Waals surface area contributed by atoms with E-state index in [2.05, 4.69) is 39.3 Å². The van der Waals surface area contributed by atoms with Crippen LogP contribution in [-0.2, 0) is 4.79 Å². The molecular formula is C23H38ClIN6O. The maximum Gasteiger partial charge on any atom is 0.244 e. The van der Waals surface area contributed by atoms with Crippen LogP contribution in [0.2, 0.25) is 5.02 Å².